The molecule has 1 N–H and O–H groups in total. The fraction of sp³-hybridized carbons (Fsp3) is 0.130. The number of aryl methyl sites for hydroxylation is 1. The summed E-state index contributed by atoms with van der Waals surface area (Å²) in [5.74, 6) is 0. The number of hydrogen-bond donors (Lipinski definition) is 1. The Labute approximate surface area is 161 Å². The molecule has 0 aromatic heterocycles. The SMILES string of the molecule is Cc1ccc([S@](=O)c2ccccc2[C@H](F)[C@H](O)/C=C/c2ccccc2)cc1. The molecule has 0 aliphatic heterocycles. The standard InChI is InChI=1S/C23H21FO2S/c1-17-11-14-19(15-12-17)27(26)22-10-6-5-9-20(22)23(24)21(25)16-13-18-7-3-2-4-8-18/h2-16,21,23,25H,1H3/b16-13+/t21-,23+,27+/m1/s1. The zero-order chi connectivity index (χ0) is 19.2. The zero-order valence-corrected chi connectivity index (χ0v) is 15.8. The average molecular weight is 380 g/mol. The molecular formula is C23H21FO2S. The van der Waals surface area contributed by atoms with Gasteiger partial charge in [0, 0.05) is 15.4 Å². The Bertz CT molecular complexity index is 936. The molecule has 138 valence electrons. The lowest BCUT2D eigenvalue weighted by atomic mass is 10.0. The largest absolute Gasteiger partial charge is 0.386 e. The molecule has 0 saturated carbocycles. The maximum absolute atomic E-state index is 15.0. The van der Waals surface area contributed by atoms with Gasteiger partial charge in [-0.25, -0.2) is 8.60 Å². The smallest absolute Gasteiger partial charge is 0.156 e. The van der Waals surface area contributed by atoms with E-state index in [9.17, 15) is 13.7 Å². The summed E-state index contributed by atoms with van der Waals surface area (Å²) in [6, 6.07) is 23.3. The fourth-order valence-corrected chi connectivity index (χ4v) is 3.96. The summed E-state index contributed by atoms with van der Waals surface area (Å²) in [7, 11) is -1.52. The van der Waals surface area contributed by atoms with Crippen molar-refractivity contribution in [3.05, 3.63) is 102 Å². The van der Waals surface area contributed by atoms with Gasteiger partial charge in [0.25, 0.3) is 0 Å². The van der Waals surface area contributed by atoms with Crippen LogP contribution < -0.4 is 0 Å². The van der Waals surface area contributed by atoms with Crippen molar-refractivity contribution in [2.45, 2.75) is 29.0 Å². The lowest BCUT2D eigenvalue weighted by Gasteiger charge is -2.16. The predicted molar refractivity (Wildman–Crippen MR) is 108 cm³/mol. The van der Waals surface area contributed by atoms with Crippen molar-refractivity contribution in [3.8, 4) is 0 Å². The molecule has 0 unspecified atom stereocenters. The van der Waals surface area contributed by atoms with Crippen LogP contribution in [0.1, 0.15) is 22.9 Å². The first-order chi connectivity index (χ1) is 13.1. The predicted octanol–water partition coefficient (Wildman–Crippen LogP) is 5.25. The summed E-state index contributed by atoms with van der Waals surface area (Å²) < 4.78 is 27.9. The lowest BCUT2D eigenvalue weighted by Crippen LogP contribution is -2.14. The van der Waals surface area contributed by atoms with E-state index in [1.165, 1.54) is 6.08 Å². The monoisotopic (exact) mass is 380 g/mol. The van der Waals surface area contributed by atoms with Crippen LogP contribution in [0.2, 0.25) is 0 Å². The molecule has 3 aromatic rings. The van der Waals surface area contributed by atoms with E-state index in [-0.39, 0.29) is 5.56 Å². The highest BCUT2D eigenvalue weighted by atomic mass is 32.2. The molecule has 0 heterocycles. The van der Waals surface area contributed by atoms with Gasteiger partial charge in [0.1, 0.15) is 6.10 Å². The van der Waals surface area contributed by atoms with Gasteiger partial charge in [-0.2, -0.15) is 0 Å². The number of benzene rings is 3. The Morgan fingerprint density at radius 3 is 2.26 bits per heavy atom. The van der Waals surface area contributed by atoms with E-state index in [1.807, 2.05) is 49.4 Å². The number of aliphatic hydroxyl groups excluding tert-OH is 1. The quantitative estimate of drug-likeness (QED) is 0.634. The van der Waals surface area contributed by atoms with Gasteiger partial charge in [0.15, 0.2) is 6.17 Å². The van der Waals surface area contributed by atoms with Crippen molar-refractivity contribution in [1.29, 1.82) is 0 Å². The molecule has 27 heavy (non-hydrogen) atoms. The lowest BCUT2D eigenvalue weighted by molar-refractivity contribution is 0.115. The minimum atomic E-state index is -1.67. The highest BCUT2D eigenvalue weighted by Gasteiger charge is 2.23. The van der Waals surface area contributed by atoms with Crippen molar-refractivity contribution in [2.75, 3.05) is 0 Å². The van der Waals surface area contributed by atoms with Gasteiger partial charge in [0.2, 0.25) is 0 Å². The van der Waals surface area contributed by atoms with Crippen molar-refractivity contribution >= 4 is 16.9 Å². The molecule has 3 aromatic carbocycles. The van der Waals surface area contributed by atoms with Gasteiger partial charge in [-0.3, -0.25) is 0 Å². The highest BCUT2D eigenvalue weighted by molar-refractivity contribution is 7.85. The van der Waals surface area contributed by atoms with Crippen LogP contribution in [-0.4, -0.2) is 15.4 Å². The van der Waals surface area contributed by atoms with Crippen LogP contribution in [-0.2, 0) is 10.8 Å². The fourth-order valence-electron chi connectivity index (χ4n) is 2.72. The molecule has 4 heteroatoms. The van der Waals surface area contributed by atoms with E-state index >= 15 is 0 Å². The van der Waals surface area contributed by atoms with Crippen LogP contribution in [0, 0.1) is 6.92 Å². The third kappa shape index (κ3) is 4.79. The summed E-state index contributed by atoms with van der Waals surface area (Å²) in [4.78, 5) is 0.982. The van der Waals surface area contributed by atoms with E-state index < -0.39 is 23.1 Å². The van der Waals surface area contributed by atoms with Crippen LogP contribution in [0.3, 0.4) is 0 Å². The van der Waals surface area contributed by atoms with Crippen molar-refractivity contribution in [3.63, 3.8) is 0 Å². The molecule has 0 fully saturated rings. The molecule has 0 radical (unpaired) electrons. The zero-order valence-electron chi connectivity index (χ0n) is 15.0. The molecule has 3 atom stereocenters. The van der Waals surface area contributed by atoms with Gasteiger partial charge in [-0.05, 0) is 30.7 Å². The Balaban J connectivity index is 1.85. The van der Waals surface area contributed by atoms with E-state index in [1.54, 1.807) is 42.5 Å². The third-order valence-corrected chi connectivity index (χ3v) is 5.71. The van der Waals surface area contributed by atoms with Gasteiger partial charge in [0.05, 0.1) is 10.8 Å². The Hall–Kier alpha value is -2.56. The van der Waals surface area contributed by atoms with Crippen LogP contribution in [0.5, 0.6) is 0 Å². The van der Waals surface area contributed by atoms with Crippen molar-refractivity contribution in [2.24, 2.45) is 0 Å². The summed E-state index contributed by atoms with van der Waals surface area (Å²) in [6.45, 7) is 1.95. The summed E-state index contributed by atoms with van der Waals surface area (Å²) in [5.41, 5.74) is 2.18. The Morgan fingerprint density at radius 2 is 1.56 bits per heavy atom. The maximum Gasteiger partial charge on any atom is 0.156 e. The topological polar surface area (TPSA) is 37.3 Å². The van der Waals surface area contributed by atoms with E-state index in [0.717, 1.165) is 11.1 Å². The molecule has 2 nitrogen and oxygen atoms in total. The van der Waals surface area contributed by atoms with Gasteiger partial charge in [-0.15, -0.1) is 0 Å². The second-order valence-electron chi connectivity index (χ2n) is 6.28. The average Bonchev–Trinajstić information content (AvgIpc) is 2.72. The number of hydrogen-bond acceptors (Lipinski definition) is 2. The Kier molecular flexibility index (Phi) is 6.32. The summed E-state index contributed by atoms with van der Waals surface area (Å²) >= 11 is 0. The first kappa shape index (κ1) is 19.2. The maximum atomic E-state index is 15.0. The minimum Gasteiger partial charge on any atom is -0.386 e. The van der Waals surface area contributed by atoms with Crippen LogP contribution in [0.25, 0.3) is 6.08 Å². The number of alkyl halides is 1. The van der Waals surface area contributed by atoms with E-state index in [0.29, 0.717) is 9.79 Å². The Morgan fingerprint density at radius 1 is 0.926 bits per heavy atom. The van der Waals surface area contributed by atoms with Crippen LogP contribution >= 0.6 is 0 Å². The summed E-state index contributed by atoms with van der Waals surface area (Å²) in [6.07, 6.45) is 0.0967. The minimum absolute atomic E-state index is 0.238. The van der Waals surface area contributed by atoms with Gasteiger partial charge < -0.3 is 5.11 Å². The van der Waals surface area contributed by atoms with Gasteiger partial charge >= 0.3 is 0 Å². The number of halogens is 1. The molecule has 0 amide bonds. The highest BCUT2D eigenvalue weighted by Crippen LogP contribution is 2.30. The van der Waals surface area contributed by atoms with E-state index in [4.69, 9.17) is 0 Å². The molecule has 0 saturated heterocycles. The molecule has 0 bridgehead atoms. The van der Waals surface area contributed by atoms with Crippen LogP contribution in [0.15, 0.2) is 94.7 Å². The third-order valence-electron chi connectivity index (χ3n) is 4.24. The molecule has 0 spiro atoms. The molecule has 0 aliphatic rings. The second kappa shape index (κ2) is 8.89. The van der Waals surface area contributed by atoms with Crippen LogP contribution in [0.4, 0.5) is 4.39 Å². The molecule has 0 aliphatic carbocycles. The van der Waals surface area contributed by atoms with Crippen molar-refractivity contribution in [1.82, 2.24) is 0 Å². The number of aliphatic hydroxyl groups is 1. The first-order valence-electron chi connectivity index (χ1n) is 8.69. The normalized spacial score (nSPS) is 14.8. The first-order valence-corrected chi connectivity index (χ1v) is 9.84. The van der Waals surface area contributed by atoms with E-state index in [2.05, 4.69) is 0 Å². The molecule has 3 rings (SSSR count). The van der Waals surface area contributed by atoms with Crippen molar-refractivity contribution < 1.29 is 13.7 Å². The van der Waals surface area contributed by atoms with Gasteiger partial charge in [-0.1, -0.05) is 78.4 Å². The number of rotatable bonds is 6. The second-order valence-corrected chi connectivity index (χ2v) is 7.73. The summed E-state index contributed by atoms with van der Waals surface area (Å²) in [5, 5.41) is 10.3. The molecular weight excluding hydrogens is 359 g/mol.